The van der Waals surface area contributed by atoms with Gasteiger partial charge in [-0.25, -0.2) is 0 Å². The molecule has 2 amide bonds. The molecule has 0 atom stereocenters. The van der Waals surface area contributed by atoms with Crippen LogP contribution in [0.3, 0.4) is 0 Å². The van der Waals surface area contributed by atoms with Crippen LogP contribution in [0.15, 0.2) is 36.5 Å². The third-order valence-electron chi connectivity index (χ3n) is 3.53. The minimum Gasteiger partial charge on any atom is -0.359 e. The normalized spacial score (nSPS) is 9.96. The molecule has 6 heteroatoms. The van der Waals surface area contributed by atoms with Gasteiger partial charge in [-0.05, 0) is 24.1 Å². The lowest BCUT2D eigenvalue weighted by Crippen LogP contribution is -2.19. The van der Waals surface area contributed by atoms with Gasteiger partial charge in [-0.15, -0.1) is 0 Å². The number of benzene rings is 1. The first-order valence-corrected chi connectivity index (χ1v) is 7.21. The highest BCUT2D eigenvalue weighted by Gasteiger charge is 2.14. The number of amides is 2. The summed E-state index contributed by atoms with van der Waals surface area (Å²) < 4.78 is 1.61. The molecule has 0 bridgehead atoms. The molecule has 0 fully saturated rings. The molecular formula is C17H18N4O2. The van der Waals surface area contributed by atoms with Gasteiger partial charge in [0.25, 0.3) is 5.91 Å². The van der Waals surface area contributed by atoms with Gasteiger partial charge in [0.2, 0.25) is 5.91 Å². The van der Waals surface area contributed by atoms with Gasteiger partial charge in [0.1, 0.15) is 11.8 Å². The molecule has 23 heavy (non-hydrogen) atoms. The number of hydrogen-bond acceptors (Lipinski definition) is 3. The molecule has 1 aromatic carbocycles. The smallest absolute Gasteiger partial charge is 0.272 e. The van der Waals surface area contributed by atoms with Crippen LogP contribution in [-0.4, -0.2) is 23.4 Å². The Hall–Kier alpha value is -3.07. The second-order valence-corrected chi connectivity index (χ2v) is 5.12. The van der Waals surface area contributed by atoms with E-state index in [9.17, 15) is 9.59 Å². The fraction of sp³-hybridized carbons (Fsp3) is 0.235. The average Bonchev–Trinajstić information content (AvgIpc) is 2.94. The van der Waals surface area contributed by atoms with Crippen molar-refractivity contribution in [1.29, 1.82) is 5.26 Å². The summed E-state index contributed by atoms with van der Waals surface area (Å²) in [6.45, 7) is 0. The molecule has 1 heterocycles. The van der Waals surface area contributed by atoms with Gasteiger partial charge in [0.15, 0.2) is 0 Å². The Morgan fingerprint density at radius 1 is 1.30 bits per heavy atom. The van der Waals surface area contributed by atoms with Crippen molar-refractivity contribution in [3.63, 3.8) is 0 Å². The summed E-state index contributed by atoms with van der Waals surface area (Å²) in [4.78, 5) is 23.8. The van der Waals surface area contributed by atoms with E-state index < -0.39 is 0 Å². The van der Waals surface area contributed by atoms with Gasteiger partial charge in [0, 0.05) is 32.4 Å². The molecule has 2 rings (SSSR count). The highest BCUT2D eigenvalue weighted by Crippen LogP contribution is 2.18. The molecule has 2 N–H and O–H groups in total. The van der Waals surface area contributed by atoms with Crippen molar-refractivity contribution in [1.82, 2.24) is 9.88 Å². The zero-order valence-electron chi connectivity index (χ0n) is 13.1. The minimum absolute atomic E-state index is 0.0489. The molecule has 6 nitrogen and oxygen atoms in total. The number of carbonyl (C=O) groups excluding carboxylic acids is 2. The molecule has 0 aliphatic heterocycles. The fourth-order valence-corrected chi connectivity index (χ4v) is 2.27. The molecule has 0 saturated carbocycles. The number of nitrogens with one attached hydrogen (secondary N) is 2. The highest BCUT2D eigenvalue weighted by atomic mass is 16.2. The van der Waals surface area contributed by atoms with Crippen LogP contribution >= 0.6 is 0 Å². The SMILES string of the molecule is CNC(=O)CCc1ccccc1NC(=O)c1cc(C#N)cn1C. The van der Waals surface area contributed by atoms with Crippen molar-refractivity contribution in [2.24, 2.45) is 7.05 Å². The van der Waals surface area contributed by atoms with Crippen molar-refractivity contribution in [2.45, 2.75) is 12.8 Å². The molecule has 0 unspecified atom stereocenters. The Bertz CT molecular complexity index is 771. The summed E-state index contributed by atoms with van der Waals surface area (Å²) in [7, 11) is 3.31. The quantitative estimate of drug-likeness (QED) is 0.883. The molecule has 1 aromatic heterocycles. The summed E-state index contributed by atoms with van der Waals surface area (Å²) in [6.07, 6.45) is 2.49. The summed E-state index contributed by atoms with van der Waals surface area (Å²) >= 11 is 0. The van der Waals surface area contributed by atoms with Gasteiger partial charge in [-0.2, -0.15) is 5.26 Å². The Labute approximate surface area is 134 Å². The third-order valence-corrected chi connectivity index (χ3v) is 3.53. The third kappa shape index (κ3) is 3.98. The summed E-state index contributed by atoms with van der Waals surface area (Å²) in [5.41, 5.74) is 2.40. The molecule has 0 aliphatic carbocycles. The molecule has 0 aliphatic rings. The zero-order valence-corrected chi connectivity index (χ0v) is 13.1. The maximum Gasteiger partial charge on any atom is 0.272 e. The second kappa shape index (κ2) is 7.27. The van der Waals surface area contributed by atoms with Gasteiger partial charge in [0.05, 0.1) is 5.56 Å². The van der Waals surface area contributed by atoms with E-state index in [0.29, 0.717) is 29.8 Å². The van der Waals surface area contributed by atoms with Gasteiger partial charge in [-0.3, -0.25) is 9.59 Å². The van der Waals surface area contributed by atoms with Crippen LogP contribution in [-0.2, 0) is 18.3 Å². The van der Waals surface area contributed by atoms with Crippen LogP contribution in [0, 0.1) is 11.3 Å². The number of aromatic nitrogens is 1. The molecule has 2 aromatic rings. The first kappa shape index (κ1) is 16.3. The van der Waals surface area contributed by atoms with E-state index in [1.807, 2.05) is 24.3 Å². The van der Waals surface area contributed by atoms with Crippen LogP contribution in [0.25, 0.3) is 0 Å². The molecule has 0 saturated heterocycles. The van der Waals surface area contributed by atoms with Crippen molar-refractivity contribution in [3.05, 3.63) is 53.3 Å². The molecule has 0 spiro atoms. The van der Waals surface area contributed by atoms with E-state index in [-0.39, 0.29) is 11.8 Å². The molecular weight excluding hydrogens is 292 g/mol. The topological polar surface area (TPSA) is 86.9 Å². The van der Waals surface area contributed by atoms with Gasteiger partial charge in [-0.1, -0.05) is 18.2 Å². The van der Waals surface area contributed by atoms with Crippen LogP contribution in [0.1, 0.15) is 28.0 Å². The predicted molar refractivity (Wildman–Crippen MR) is 86.9 cm³/mol. The van der Waals surface area contributed by atoms with E-state index in [1.54, 1.807) is 37.0 Å². The monoisotopic (exact) mass is 310 g/mol. The largest absolute Gasteiger partial charge is 0.359 e. The summed E-state index contributed by atoms with van der Waals surface area (Å²) in [6, 6.07) is 10.9. The Balaban J connectivity index is 2.16. The van der Waals surface area contributed by atoms with Crippen LogP contribution in [0.2, 0.25) is 0 Å². The van der Waals surface area contributed by atoms with E-state index in [2.05, 4.69) is 10.6 Å². The lowest BCUT2D eigenvalue weighted by atomic mass is 10.1. The van der Waals surface area contributed by atoms with Crippen molar-refractivity contribution < 1.29 is 9.59 Å². The van der Waals surface area contributed by atoms with E-state index in [0.717, 1.165) is 5.56 Å². The van der Waals surface area contributed by atoms with Crippen molar-refractivity contribution in [2.75, 3.05) is 12.4 Å². The van der Waals surface area contributed by atoms with Gasteiger partial charge >= 0.3 is 0 Å². The van der Waals surface area contributed by atoms with Gasteiger partial charge < -0.3 is 15.2 Å². The first-order chi connectivity index (χ1) is 11.0. The Morgan fingerprint density at radius 3 is 2.70 bits per heavy atom. The van der Waals surface area contributed by atoms with E-state index >= 15 is 0 Å². The second-order valence-electron chi connectivity index (χ2n) is 5.12. The first-order valence-electron chi connectivity index (χ1n) is 7.21. The summed E-state index contributed by atoms with van der Waals surface area (Å²) in [5, 5.41) is 14.3. The number of hydrogen-bond donors (Lipinski definition) is 2. The number of rotatable bonds is 5. The van der Waals surface area contributed by atoms with Crippen LogP contribution in [0.5, 0.6) is 0 Å². The van der Waals surface area contributed by atoms with E-state index in [1.165, 1.54) is 0 Å². The number of anilines is 1. The predicted octanol–water partition coefficient (Wildman–Crippen LogP) is 1.83. The standard InChI is InChI=1S/C17H18N4O2/c1-19-16(22)8-7-13-5-3-4-6-14(13)20-17(23)15-9-12(10-18)11-21(15)2/h3-6,9,11H,7-8H2,1-2H3,(H,19,22)(H,20,23). The highest BCUT2D eigenvalue weighted by molar-refractivity contribution is 6.03. The number of aryl methyl sites for hydroxylation is 2. The number of nitriles is 1. The van der Waals surface area contributed by atoms with Crippen molar-refractivity contribution in [3.8, 4) is 6.07 Å². The van der Waals surface area contributed by atoms with Crippen LogP contribution < -0.4 is 10.6 Å². The summed E-state index contributed by atoms with van der Waals surface area (Å²) in [5.74, 6) is -0.339. The van der Waals surface area contributed by atoms with Crippen molar-refractivity contribution >= 4 is 17.5 Å². The number of para-hydroxylation sites is 1. The average molecular weight is 310 g/mol. The zero-order chi connectivity index (χ0) is 16.8. The minimum atomic E-state index is -0.290. The maximum absolute atomic E-state index is 12.4. The fourth-order valence-electron chi connectivity index (χ4n) is 2.27. The lowest BCUT2D eigenvalue weighted by Gasteiger charge is -2.11. The lowest BCUT2D eigenvalue weighted by molar-refractivity contribution is -0.120. The van der Waals surface area contributed by atoms with E-state index in [4.69, 9.17) is 5.26 Å². The molecule has 118 valence electrons. The Morgan fingerprint density at radius 2 is 2.04 bits per heavy atom. The molecule has 0 radical (unpaired) electrons. The number of carbonyl (C=O) groups is 2. The number of nitrogens with zero attached hydrogens (tertiary/aromatic N) is 2. The maximum atomic E-state index is 12.4. The van der Waals surface area contributed by atoms with Crippen LogP contribution in [0.4, 0.5) is 5.69 Å². The Kier molecular flexibility index (Phi) is 5.15.